The maximum Gasteiger partial charge on any atom is 0.274 e. The molecule has 0 saturated carbocycles. The van der Waals surface area contributed by atoms with Gasteiger partial charge in [-0.25, -0.2) is 0 Å². The van der Waals surface area contributed by atoms with Gasteiger partial charge in [0.25, 0.3) is 5.97 Å². The minimum atomic E-state index is -2.46. The van der Waals surface area contributed by atoms with Gasteiger partial charge in [-0.2, -0.15) is 0 Å². The molecule has 0 bridgehead atoms. The molecular weight excluding hydrogens is 138 g/mol. The molecule has 10 heavy (non-hydrogen) atoms. The van der Waals surface area contributed by atoms with Crippen LogP contribution in [0, 0.1) is 0 Å². The molecule has 64 valence electrons. The highest BCUT2D eigenvalue weighted by atomic mass is 16.7. The summed E-state index contributed by atoms with van der Waals surface area (Å²) in [5.41, 5.74) is 4.78. The van der Waals surface area contributed by atoms with Crippen molar-refractivity contribution in [1.82, 2.24) is 0 Å². The van der Waals surface area contributed by atoms with E-state index in [1.165, 1.54) is 6.92 Å². The largest absolute Gasteiger partial charge is 0.395 e. The van der Waals surface area contributed by atoms with E-state index in [1.807, 2.05) is 0 Å². The van der Waals surface area contributed by atoms with Gasteiger partial charge in [-0.1, -0.05) is 6.92 Å². The Labute approximate surface area is 59.7 Å². The van der Waals surface area contributed by atoms with E-state index in [0.717, 1.165) is 0 Å². The molecule has 5 nitrogen and oxygen atoms in total. The van der Waals surface area contributed by atoms with Crippen LogP contribution >= 0.6 is 0 Å². The molecule has 0 atom stereocenters. The normalized spacial score (nSPS) is 10.2. The van der Waals surface area contributed by atoms with Crippen molar-refractivity contribution in [2.75, 3.05) is 13.2 Å². The second-order valence-corrected chi connectivity index (χ2v) is 1.64. The fourth-order valence-electron chi connectivity index (χ4n) is 0. The fraction of sp³-hybridized carbons (Fsp3) is 1.00. The smallest absolute Gasteiger partial charge is 0.274 e. The first-order valence-electron chi connectivity index (χ1n) is 2.96. The lowest BCUT2D eigenvalue weighted by atomic mass is 10.4. The maximum absolute atomic E-state index is 7.94. The van der Waals surface area contributed by atoms with Crippen LogP contribution in [0.1, 0.15) is 13.3 Å². The van der Waals surface area contributed by atoms with Crippen LogP contribution in [0.2, 0.25) is 0 Å². The van der Waals surface area contributed by atoms with E-state index in [-0.39, 0.29) is 13.0 Å². The van der Waals surface area contributed by atoms with Gasteiger partial charge < -0.3 is 26.2 Å². The summed E-state index contributed by atoms with van der Waals surface area (Å²) in [6.45, 7) is 1.93. The van der Waals surface area contributed by atoms with Gasteiger partial charge in [0, 0.05) is 13.0 Å². The average molecular weight is 153 g/mol. The molecule has 5 heteroatoms. The Morgan fingerprint density at radius 2 is 1.50 bits per heavy atom. The third-order valence-corrected chi connectivity index (χ3v) is 0.603. The molecule has 0 aromatic carbocycles. The van der Waals surface area contributed by atoms with Gasteiger partial charge in [-0.05, 0) is 0 Å². The lowest BCUT2D eigenvalue weighted by Crippen LogP contribution is -2.24. The molecule has 0 aromatic heterocycles. The molecule has 0 fully saturated rings. The van der Waals surface area contributed by atoms with Crippen molar-refractivity contribution in [3.63, 3.8) is 0 Å². The number of aliphatic hydroxyl groups excluding tert-OH is 1. The minimum Gasteiger partial charge on any atom is -0.395 e. The van der Waals surface area contributed by atoms with Gasteiger partial charge in [0.15, 0.2) is 0 Å². The summed E-state index contributed by atoms with van der Waals surface area (Å²) in [5, 5.41) is 31.6. The summed E-state index contributed by atoms with van der Waals surface area (Å²) in [7, 11) is 0. The van der Waals surface area contributed by atoms with Gasteiger partial charge in [-0.3, -0.25) is 0 Å². The summed E-state index contributed by atoms with van der Waals surface area (Å²) < 4.78 is 0. The predicted molar refractivity (Wildman–Crippen MR) is 35.8 cm³/mol. The van der Waals surface area contributed by atoms with Crippen LogP contribution in [0.15, 0.2) is 0 Å². The molecule has 0 unspecified atom stereocenters. The van der Waals surface area contributed by atoms with Gasteiger partial charge in [-0.15, -0.1) is 0 Å². The number of hydrogen-bond donors (Lipinski definition) is 5. The SMILES string of the molecule is CCC(O)(O)O.NCCO. The Morgan fingerprint density at radius 1 is 1.30 bits per heavy atom. The first-order valence-corrected chi connectivity index (χ1v) is 2.96. The van der Waals surface area contributed by atoms with Crippen molar-refractivity contribution >= 4 is 0 Å². The molecule has 0 aliphatic carbocycles. The van der Waals surface area contributed by atoms with E-state index in [0.29, 0.717) is 6.54 Å². The molecular formula is C5H15NO4. The second kappa shape index (κ2) is 6.91. The molecule has 0 rings (SSSR count). The summed E-state index contributed by atoms with van der Waals surface area (Å²) in [4.78, 5) is 0. The molecule has 6 N–H and O–H groups in total. The van der Waals surface area contributed by atoms with E-state index >= 15 is 0 Å². The van der Waals surface area contributed by atoms with Gasteiger partial charge >= 0.3 is 0 Å². The third kappa shape index (κ3) is 25.0. The molecule has 0 radical (unpaired) electrons. The van der Waals surface area contributed by atoms with E-state index < -0.39 is 5.97 Å². The Hall–Kier alpha value is -0.200. The van der Waals surface area contributed by atoms with Crippen molar-refractivity contribution in [3.05, 3.63) is 0 Å². The molecule has 0 aliphatic rings. The summed E-state index contributed by atoms with van der Waals surface area (Å²) >= 11 is 0. The number of nitrogens with two attached hydrogens (primary N) is 1. The van der Waals surface area contributed by atoms with E-state index in [1.54, 1.807) is 0 Å². The first kappa shape index (κ1) is 12.5. The number of hydrogen-bond acceptors (Lipinski definition) is 5. The number of aliphatic hydroxyl groups is 4. The summed E-state index contributed by atoms with van der Waals surface area (Å²) in [5.74, 6) is -2.46. The average Bonchev–Trinajstić information content (AvgIpc) is 1.87. The van der Waals surface area contributed by atoms with E-state index in [2.05, 4.69) is 0 Å². The van der Waals surface area contributed by atoms with Crippen LogP contribution in [0.3, 0.4) is 0 Å². The van der Waals surface area contributed by atoms with E-state index in [4.69, 9.17) is 26.2 Å². The Kier molecular flexibility index (Phi) is 8.62. The maximum atomic E-state index is 7.94. The second-order valence-electron chi connectivity index (χ2n) is 1.64. The summed E-state index contributed by atoms with van der Waals surface area (Å²) in [6.07, 6.45) is -0.0625. The molecule has 0 heterocycles. The topological polar surface area (TPSA) is 107 Å². The first-order chi connectivity index (χ1) is 4.47. The lowest BCUT2D eigenvalue weighted by Gasteiger charge is -2.08. The Balaban J connectivity index is 0. The zero-order valence-corrected chi connectivity index (χ0v) is 5.99. The van der Waals surface area contributed by atoms with Crippen LogP contribution in [0.4, 0.5) is 0 Å². The Bertz CT molecular complexity index is 59.2. The van der Waals surface area contributed by atoms with Crippen molar-refractivity contribution in [3.8, 4) is 0 Å². The van der Waals surface area contributed by atoms with Crippen molar-refractivity contribution in [2.45, 2.75) is 19.3 Å². The highest BCUT2D eigenvalue weighted by Gasteiger charge is 2.11. The van der Waals surface area contributed by atoms with Crippen molar-refractivity contribution in [2.24, 2.45) is 5.73 Å². The van der Waals surface area contributed by atoms with Crippen LogP contribution < -0.4 is 5.73 Å². The predicted octanol–water partition coefficient (Wildman–Crippen LogP) is -2.04. The fourth-order valence-corrected chi connectivity index (χ4v) is 0. The molecule has 0 aliphatic heterocycles. The van der Waals surface area contributed by atoms with Crippen LogP contribution in [-0.2, 0) is 0 Å². The minimum absolute atomic E-state index is 0.0625. The van der Waals surface area contributed by atoms with Crippen LogP contribution in [-0.4, -0.2) is 39.6 Å². The zero-order chi connectivity index (χ0) is 8.62. The van der Waals surface area contributed by atoms with Crippen molar-refractivity contribution < 1.29 is 20.4 Å². The quantitative estimate of drug-likeness (QED) is 0.294. The zero-order valence-electron chi connectivity index (χ0n) is 5.99. The highest BCUT2D eigenvalue weighted by Crippen LogP contribution is 1.95. The van der Waals surface area contributed by atoms with Crippen LogP contribution in [0.25, 0.3) is 0 Å². The molecule has 0 aromatic rings. The molecule has 0 saturated heterocycles. The van der Waals surface area contributed by atoms with Crippen molar-refractivity contribution in [1.29, 1.82) is 0 Å². The molecule has 0 amide bonds. The van der Waals surface area contributed by atoms with Gasteiger partial charge in [0.05, 0.1) is 6.61 Å². The Morgan fingerprint density at radius 3 is 1.50 bits per heavy atom. The monoisotopic (exact) mass is 153 g/mol. The van der Waals surface area contributed by atoms with Gasteiger partial charge in [0.2, 0.25) is 0 Å². The lowest BCUT2D eigenvalue weighted by molar-refractivity contribution is -0.312. The molecule has 0 spiro atoms. The van der Waals surface area contributed by atoms with Gasteiger partial charge in [0.1, 0.15) is 0 Å². The van der Waals surface area contributed by atoms with Crippen LogP contribution in [0.5, 0.6) is 0 Å². The summed E-state index contributed by atoms with van der Waals surface area (Å²) in [6, 6.07) is 0. The van der Waals surface area contributed by atoms with E-state index in [9.17, 15) is 0 Å². The number of rotatable bonds is 2. The third-order valence-electron chi connectivity index (χ3n) is 0.603. The standard InChI is InChI=1S/C3H8O3.C2H7NO/c1-2-3(4,5)6;3-1-2-4/h4-6H,2H2,1H3;4H,1-3H2. The highest BCUT2D eigenvalue weighted by molar-refractivity contribution is 4.35.